The highest BCUT2D eigenvalue weighted by Crippen LogP contribution is 2.25. The minimum absolute atomic E-state index is 0.702. The Kier molecular flexibility index (Phi) is 3.82. The van der Waals surface area contributed by atoms with E-state index in [1.165, 1.54) is 0 Å². The molecule has 1 nitrogen and oxygen atoms in total. The summed E-state index contributed by atoms with van der Waals surface area (Å²) in [5.74, 6) is 0. The number of nitrogens with two attached hydrogens (primary N) is 1. The van der Waals surface area contributed by atoms with Crippen molar-refractivity contribution in [1.29, 1.82) is 0 Å². The van der Waals surface area contributed by atoms with Gasteiger partial charge in [0.05, 0.1) is 5.02 Å². The van der Waals surface area contributed by atoms with Crippen LogP contribution in [-0.4, -0.2) is 0 Å². The zero-order chi connectivity index (χ0) is 9.84. The van der Waals surface area contributed by atoms with Crippen molar-refractivity contribution in [3.8, 4) is 0 Å². The molecule has 0 fully saturated rings. The van der Waals surface area contributed by atoms with E-state index in [2.05, 4.69) is 22.9 Å². The van der Waals surface area contributed by atoms with E-state index in [9.17, 15) is 0 Å². The second-order valence-corrected chi connectivity index (χ2v) is 3.96. The molecule has 0 aliphatic rings. The predicted molar refractivity (Wildman–Crippen MR) is 61.6 cm³/mol. The Bertz CT molecular complexity index is 334. The molecule has 1 aromatic carbocycles. The van der Waals surface area contributed by atoms with Gasteiger partial charge >= 0.3 is 0 Å². The molecular weight excluding hydrogens is 249 g/mol. The lowest BCUT2D eigenvalue weighted by molar-refractivity contribution is 1.22. The predicted octanol–water partition coefficient (Wildman–Crippen LogP) is 3.81. The van der Waals surface area contributed by atoms with Crippen LogP contribution in [0.1, 0.15) is 18.9 Å². The Hall–Kier alpha value is -0.470. The average molecular weight is 261 g/mol. The summed E-state index contributed by atoms with van der Waals surface area (Å²) in [5.41, 5.74) is 7.61. The third-order valence-corrected chi connectivity index (χ3v) is 2.89. The van der Waals surface area contributed by atoms with Crippen molar-refractivity contribution in [3.63, 3.8) is 0 Å². The van der Waals surface area contributed by atoms with Crippen LogP contribution in [0.5, 0.6) is 0 Å². The van der Waals surface area contributed by atoms with Gasteiger partial charge in [-0.1, -0.05) is 30.7 Å². The summed E-state index contributed by atoms with van der Waals surface area (Å²) in [6, 6.07) is 5.66. The second-order valence-electron chi connectivity index (χ2n) is 2.70. The Morgan fingerprint density at radius 3 is 2.85 bits per heavy atom. The molecule has 0 aliphatic heterocycles. The minimum Gasteiger partial charge on any atom is -0.399 e. The van der Waals surface area contributed by atoms with E-state index in [-0.39, 0.29) is 0 Å². The van der Waals surface area contributed by atoms with Crippen LogP contribution in [0.2, 0.25) is 5.02 Å². The van der Waals surface area contributed by atoms with Crippen molar-refractivity contribution in [3.05, 3.63) is 39.3 Å². The Labute approximate surface area is 91.7 Å². The first-order chi connectivity index (χ1) is 6.15. The quantitative estimate of drug-likeness (QED) is 0.860. The summed E-state index contributed by atoms with van der Waals surface area (Å²) < 4.78 is 0.874. The molecule has 0 atom stereocenters. The maximum Gasteiger partial charge on any atom is 0.0548 e. The molecule has 0 aromatic heterocycles. The van der Waals surface area contributed by atoms with Crippen molar-refractivity contribution in [1.82, 2.24) is 0 Å². The van der Waals surface area contributed by atoms with E-state index in [1.807, 2.05) is 24.3 Å². The van der Waals surface area contributed by atoms with E-state index < -0.39 is 0 Å². The lowest BCUT2D eigenvalue weighted by atomic mass is 10.1. The summed E-state index contributed by atoms with van der Waals surface area (Å²) in [6.45, 7) is 2.05. The summed E-state index contributed by atoms with van der Waals surface area (Å²) in [4.78, 5) is 0. The Morgan fingerprint density at radius 2 is 2.31 bits per heavy atom. The van der Waals surface area contributed by atoms with Crippen LogP contribution in [0, 0.1) is 0 Å². The zero-order valence-electron chi connectivity index (χ0n) is 7.35. The van der Waals surface area contributed by atoms with E-state index >= 15 is 0 Å². The lowest BCUT2D eigenvalue weighted by Gasteiger charge is -2.03. The van der Waals surface area contributed by atoms with Crippen molar-refractivity contribution >= 4 is 33.2 Å². The third-order valence-electron chi connectivity index (χ3n) is 1.68. The van der Waals surface area contributed by atoms with Gasteiger partial charge in [0.15, 0.2) is 0 Å². The van der Waals surface area contributed by atoms with Gasteiger partial charge in [-0.3, -0.25) is 0 Å². The van der Waals surface area contributed by atoms with Crippen molar-refractivity contribution in [2.24, 2.45) is 5.73 Å². The molecule has 0 saturated carbocycles. The summed E-state index contributed by atoms with van der Waals surface area (Å²) in [7, 11) is 0. The number of allylic oxidation sites excluding steroid dienone is 1. The Morgan fingerprint density at radius 1 is 1.62 bits per heavy atom. The van der Waals surface area contributed by atoms with Crippen LogP contribution >= 0.6 is 27.5 Å². The van der Waals surface area contributed by atoms with Crippen molar-refractivity contribution in [2.45, 2.75) is 13.3 Å². The van der Waals surface area contributed by atoms with Gasteiger partial charge in [-0.2, -0.15) is 0 Å². The third kappa shape index (κ3) is 2.75. The zero-order valence-corrected chi connectivity index (χ0v) is 9.69. The van der Waals surface area contributed by atoms with Gasteiger partial charge in [-0.25, -0.2) is 0 Å². The maximum atomic E-state index is 5.86. The molecular formula is C10H11BrClN. The van der Waals surface area contributed by atoms with Gasteiger partial charge in [0.2, 0.25) is 0 Å². The normalized spacial score (nSPS) is 11.8. The first-order valence-electron chi connectivity index (χ1n) is 4.06. The molecule has 13 heavy (non-hydrogen) atoms. The molecule has 0 bridgehead atoms. The summed E-state index contributed by atoms with van der Waals surface area (Å²) in [6.07, 6.45) is 2.92. The Balaban J connectivity index is 3.04. The molecule has 3 heteroatoms. The van der Waals surface area contributed by atoms with E-state index in [0.29, 0.717) is 5.02 Å². The van der Waals surface area contributed by atoms with Crippen LogP contribution in [-0.2, 0) is 0 Å². The molecule has 1 rings (SSSR count). The number of hydrogen-bond donors (Lipinski definition) is 1. The molecule has 1 aromatic rings. The van der Waals surface area contributed by atoms with Gasteiger partial charge < -0.3 is 5.73 Å². The largest absolute Gasteiger partial charge is 0.399 e. The summed E-state index contributed by atoms with van der Waals surface area (Å²) in [5, 5.41) is 0.702. The van der Waals surface area contributed by atoms with E-state index in [4.69, 9.17) is 17.3 Å². The fourth-order valence-electron chi connectivity index (χ4n) is 1.01. The highest BCUT2D eigenvalue weighted by molar-refractivity contribution is 9.10. The van der Waals surface area contributed by atoms with Gasteiger partial charge in [-0.05, 0) is 40.0 Å². The van der Waals surface area contributed by atoms with Gasteiger partial charge in [-0.15, -0.1) is 0 Å². The van der Waals surface area contributed by atoms with Gasteiger partial charge in [0, 0.05) is 10.2 Å². The van der Waals surface area contributed by atoms with Gasteiger partial charge in [0.1, 0.15) is 0 Å². The van der Waals surface area contributed by atoms with Crippen LogP contribution in [0.25, 0.3) is 5.70 Å². The summed E-state index contributed by atoms with van der Waals surface area (Å²) >= 11 is 9.21. The molecule has 2 N–H and O–H groups in total. The fraction of sp³-hybridized carbons (Fsp3) is 0.200. The van der Waals surface area contributed by atoms with E-state index in [0.717, 1.165) is 22.2 Å². The molecule has 0 radical (unpaired) electrons. The molecule has 70 valence electrons. The highest BCUT2D eigenvalue weighted by Gasteiger charge is 2.00. The standard InChI is InChI=1S/C10H11BrClN/c1-2-3-10(13)7-4-5-9(12)8(11)6-7/h3-6H,2,13H2,1H3/b10-3-. The smallest absolute Gasteiger partial charge is 0.0548 e. The van der Waals surface area contributed by atoms with Crippen molar-refractivity contribution < 1.29 is 0 Å². The molecule has 0 saturated heterocycles. The number of halogens is 2. The molecule has 0 heterocycles. The van der Waals surface area contributed by atoms with Gasteiger partial charge in [0.25, 0.3) is 0 Å². The van der Waals surface area contributed by atoms with Crippen LogP contribution in [0.3, 0.4) is 0 Å². The number of benzene rings is 1. The second kappa shape index (κ2) is 4.68. The molecule has 0 unspecified atom stereocenters. The maximum absolute atomic E-state index is 5.86. The first-order valence-corrected chi connectivity index (χ1v) is 5.23. The minimum atomic E-state index is 0.702. The lowest BCUT2D eigenvalue weighted by Crippen LogP contribution is -1.95. The van der Waals surface area contributed by atoms with E-state index in [1.54, 1.807) is 0 Å². The number of rotatable bonds is 2. The molecule has 0 amide bonds. The fourth-order valence-corrected chi connectivity index (χ4v) is 1.51. The monoisotopic (exact) mass is 259 g/mol. The number of hydrogen-bond acceptors (Lipinski definition) is 1. The highest BCUT2D eigenvalue weighted by atomic mass is 79.9. The topological polar surface area (TPSA) is 26.0 Å². The average Bonchev–Trinajstić information content (AvgIpc) is 2.10. The van der Waals surface area contributed by atoms with Crippen LogP contribution < -0.4 is 5.73 Å². The molecule has 0 aliphatic carbocycles. The van der Waals surface area contributed by atoms with Crippen LogP contribution in [0.15, 0.2) is 28.7 Å². The first kappa shape index (κ1) is 10.6. The van der Waals surface area contributed by atoms with Crippen molar-refractivity contribution in [2.75, 3.05) is 0 Å². The SMILES string of the molecule is CC/C=C(\N)c1ccc(Cl)c(Br)c1. The molecule has 0 spiro atoms. The van der Waals surface area contributed by atoms with Crippen LogP contribution in [0.4, 0.5) is 0 Å².